The van der Waals surface area contributed by atoms with Crippen LogP contribution in [0.3, 0.4) is 0 Å². The minimum absolute atomic E-state index is 0.818. The van der Waals surface area contributed by atoms with Crippen molar-refractivity contribution < 1.29 is 0 Å². The van der Waals surface area contributed by atoms with Gasteiger partial charge in [-0.05, 0) is 61.4 Å². The lowest BCUT2D eigenvalue weighted by atomic mass is 10.0. The first-order valence-electron chi connectivity index (χ1n) is 6.54. The lowest BCUT2D eigenvalue weighted by molar-refractivity contribution is 0.732. The van der Waals surface area contributed by atoms with Gasteiger partial charge in [0.25, 0.3) is 0 Å². The van der Waals surface area contributed by atoms with Gasteiger partial charge in [-0.2, -0.15) is 0 Å². The molecule has 0 aliphatic heterocycles. The minimum atomic E-state index is 0.818. The molecular weight excluding hydrogens is 240 g/mol. The molecule has 0 unspecified atom stereocenters. The van der Waals surface area contributed by atoms with E-state index < -0.39 is 0 Å². The van der Waals surface area contributed by atoms with Crippen LogP contribution < -0.4 is 0 Å². The number of aryl methyl sites for hydroxylation is 3. The molecule has 0 amide bonds. The Kier molecular flexibility index (Phi) is 4.83. The van der Waals surface area contributed by atoms with E-state index in [1.807, 2.05) is 12.1 Å². The zero-order chi connectivity index (χ0) is 12.8. The fraction of sp³-hybridized carbons (Fsp3) is 0.294. The van der Waals surface area contributed by atoms with Crippen molar-refractivity contribution in [3.63, 3.8) is 0 Å². The van der Waals surface area contributed by atoms with Crippen molar-refractivity contribution in [3.8, 4) is 0 Å². The second kappa shape index (κ2) is 6.61. The molecule has 0 saturated carbocycles. The van der Waals surface area contributed by atoms with Crippen molar-refractivity contribution in [1.29, 1.82) is 0 Å². The number of hydrogen-bond donors (Lipinski definition) is 0. The largest absolute Gasteiger partial charge is 0.0843 e. The van der Waals surface area contributed by atoms with Crippen LogP contribution in [0.1, 0.15) is 29.5 Å². The van der Waals surface area contributed by atoms with Crippen molar-refractivity contribution >= 4 is 11.6 Å². The second-order valence-corrected chi connectivity index (χ2v) is 5.20. The van der Waals surface area contributed by atoms with E-state index in [2.05, 4.69) is 43.3 Å². The van der Waals surface area contributed by atoms with Crippen LogP contribution in [0.15, 0.2) is 48.5 Å². The fourth-order valence-corrected chi connectivity index (χ4v) is 2.31. The van der Waals surface area contributed by atoms with E-state index in [0.29, 0.717) is 0 Å². The Labute approximate surface area is 115 Å². The Morgan fingerprint density at radius 2 is 1.50 bits per heavy atom. The summed E-state index contributed by atoms with van der Waals surface area (Å²) in [7, 11) is 0. The number of halogens is 1. The molecular formula is C17H19Cl. The fourth-order valence-electron chi connectivity index (χ4n) is 2.19. The van der Waals surface area contributed by atoms with Gasteiger partial charge in [0.05, 0.1) is 0 Å². The van der Waals surface area contributed by atoms with Crippen molar-refractivity contribution in [3.05, 3.63) is 70.2 Å². The van der Waals surface area contributed by atoms with Crippen LogP contribution in [0.4, 0.5) is 0 Å². The first kappa shape index (κ1) is 13.2. The van der Waals surface area contributed by atoms with Crippen LogP contribution in [0, 0.1) is 6.92 Å². The minimum Gasteiger partial charge on any atom is -0.0843 e. The number of rotatable bonds is 5. The SMILES string of the molecule is Cc1ccccc1CCCCc1ccc(Cl)cc1. The first-order chi connectivity index (χ1) is 8.75. The van der Waals surface area contributed by atoms with Crippen LogP contribution in [0.5, 0.6) is 0 Å². The van der Waals surface area contributed by atoms with Crippen molar-refractivity contribution in [2.45, 2.75) is 32.6 Å². The van der Waals surface area contributed by atoms with Crippen LogP contribution in [-0.4, -0.2) is 0 Å². The Morgan fingerprint density at radius 3 is 2.22 bits per heavy atom. The van der Waals surface area contributed by atoms with E-state index in [1.165, 1.54) is 36.0 Å². The zero-order valence-corrected chi connectivity index (χ0v) is 11.6. The van der Waals surface area contributed by atoms with Gasteiger partial charge in [0.2, 0.25) is 0 Å². The maximum atomic E-state index is 5.87. The number of unbranched alkanes of at least 4 members (excludes halogenated alkanes) is 1. The van der Waals surface area contributed by atoms with E-state index in [0.717, 1.165) is 11.4 Å². The summed E-state index contributed by atoms with van der Waals surface area (Å²) in [6.07, 6.45) is 4.80. The molecule has 0 fully saturated rings. The molecule has 0 aliphatic carbocycles. The van der Waals surface area contributed by atoms with Crippen LogP contribution >= 0.6 is 11.6 Å². The highest BCUT2D eigenvalue weighted by atomic mass is 35.5. The molecule has 0 aromatic heterocycles. The summed E-state index contributed by atoms with van der Waals surface area (Å²) in [6.45, 7) is 2.19. The molecule has 2 rings (SSSR count). The normalized spacial score (nSPS) is 10.6. The van der Waals surface area contributed by atoms with E-state index in [9.17, 15) is 0 Å². The highest BCUT2D eigenvalue weighted by Gasteiger charge is 1.98. The molecule has 0 radical (unpaired) electrons. The lowest BCUT2D eigenvalue weighted by Crippen LogP contribution is -1.91. The van der Waals surface area contributed by atoms with E-state index in [4.69, 9.17) is 11.6 Å². The number of benzene rings is 2. The molecule has 18 heavy (non-hydrogen) atoms. The van der Waals surface area contributed by atoms with Gasteiger partial charge in [-0.3, -0.25) is 0 Å². The third-order valence-electron chi connectivity index (χ3n) is 3.34. The maximum absolute atomic E-state index is 5.87. The average molecular weight is 259 g/mol. The zero-order valence-electron chi connectivity index (χ0n) is 10.8. The standard InChI is InChI=1S/C17H19Cl/c1-14-6-2-4-8-16(14)9-5-3-7-15-10-12-17(18)13-11-15/h2,4,6,8,10-13H,3,5,7,9H2,1H3. The van der Waals surface area contributed by atoms with Crippen molar-refractivity contribution in [1.82, 2.24) is 0 Å². The first-order valence-corrected chi connectivity index (χ1v) is 6.92. The van der Waals surface area contributed by atoms with Gasteiger partial charge in [-0.25, -0.2) is 0 Å². The van der Waals surface area contributed by atoms with Gasteiger partial charge in [0.15, 0.2) is 0 Å². The van der Waals surface area contributed by atoms with Crippen molar-refractivity contribution in [2.24, 2.45) is 0 Å². The molecule has 94 valence electrons. The third kappa shape index (κ3) is 3.89. The quantitative estimate of drug-likeness (QED) is 0.646. The van der Waals surface area contributed by atoms with Crippen molar-refractivity contribution in [2.75, 3.05) is 0 Å². The molecule has 0 saturated heterocycles. The molecule has 0 bridgehead atoms. The molecule has 0 nitrogen and oxygen atoms in total. The molecule has 0 spiro atoms. The van der Waals surface area contributed by atoms with E-state index in [-0.39, 0.29) is 0 Å². The van der Waals surface area contributed by atoms with Gasteiger partial charge in [-0.1, -0.05) is 48.0 Å². The van der Waals surface area contributed by atoms with E-state index >= 15 is 0 Å². The molecule has 2 aromatic carbocycles. The maximum Gasteiger partial charge on any atom is 0.0406 e. The summed E-state index contributed by atoms with van der Waals surface area (Å²) in [5.41, 5.74) is 4.27. The van der Waals surface area contributed by atoms with Gasteiger partial charge in [-0.15, -0.1) is 0 Å². The Bertz CT molecular complexity index is 485. The molecule has 2 aromatic rings. The summed E-state index contributed by atoms with van der Waals surface area (Å²) in [6, 6.07) is 16.8. The van der Waals surface area contributed by atoms with E-state index in [1.54, 1.807) is 0 Å². The smallest absolute Gasteiger partial charge is 0.0406 e. The number of hydrogen-bond acceptors (Lipinski definition) is 0. The topological polar surface area (TPSA) is 0 Å². The highest BCUT2D eigenvalue weighted by Crippen LogP contribution is 2.14. The van der Waals surface area contributed by atoms with Gasteiger partial charge in [0, 0.05) is 5.02 Å². The van der Waals surface area contributed by atoms with Crippen LogP contribution in [0.25, 0.3) is 0 Å². The highest BCUT2D eigenvalue weighted by molar-refractivity contribution is 6.30. The summed E-state index contributed by atoms with van der Waals surface area (Å²) < 4.78 is 0. The lowest BCUT2D eigenvalue weighted by Gasteiger charge is -2.05. The van der Waals surface area contributed by atoms with Gasteiger partial charge < -0.3 is 0 Å². The molecule has 0 atom stereocenters. The summed E-state index contributed by atoms with van der Waals surface area (Å²) in [5.74, 6) is 0. The molecule has 0 N–H and O–H groups in total. The Hall–Kier alpha value is -1.27. The Morgan fingerprint density at radius 1 is 0.833 bits per heavy atom. The molecule has 0 aliphatic rings. The third-order valence-corrected chi connectivity index (χ3v) is 3.59. The molecule has 1 heteroatoms. The summed E-state index contributed by atoms with van der Waals surface area (Å²) in [5, 5.41) is 0.818. The van der Waals surface area contributed by atoms with Crippen LogP contribution in [0.2, 0.25) is 5.02 Å². The predicted octanol–water partition coefficient (Wildman–Crippen LogP) is 5.21. The molecule has 0 heterocycles. The predicted molar refractivity (Wildman–Crippen MR) is 79.3 cm³/mol. The van der Waals surface area contributed by atoms with Crippen LogP contribution in [-0.2, 0) is 12.8 Å². The van der Waals surface area contributed by atoms with Gasteiger partial charge in [0.1, 0.15) is 0 Å². The van der Waals surface area contributed by atoms with Gasteiger partial charge >= 0.3 is 0 Å². The summed E-state index contributed by atoms with van der Waals surface area (Å²) >= 11 is 5.87. The average Bonchev–Trinajstić information content (AvgIpc) is 2.39. The second-order valence-electron chi connectivity index (χ2n) is 4.76. The monoisotopic (exact) mass is 258 g/mol. The Balaban J connectivity index is 1.76. The summed E-state index contributed by atoms with van der Waals surface area (Å²) in [4.78, 5) is 0.